The molecule has 2 heterocycles. The molecule has 0 spiro atoms. The Morgan fingerprint density at radius 2 is 1.74 bits per heavy atom. The lowest BCUT2D eigenvalue weighted by molar-refractivity contribution is -0.132. The van der Waals surface area contributed by atoms with E-state index in [0.717, 1.165) is 26.9 Å². The van der Waals surface area contributed by atoms with Crippen LogP contribution in [-0.4, -0.2) is 35.5 Å². The molecule has 0 bridgehead atoms. The number of anilines is 1. The Bertz CT molecular complexity index is 1620. The maximum atomic E-state index is 13.6. The van der Waals surface area contributed by atoms with E-state index in [4.69, 9.17) is 14.5 Å². The van der Waals surface area contributed by atoms with Crippen molar-refractivity contribution < 1.29 is 24.2 Å². The second-order valence-corrected chi connectivity index (χ2v) is 10.3. The molecule has 1 fully saturated rings. The van der Waals surface area contributed by atoms with E-state index >= 15 is 0 Å². The van der Waals surface area contributed by atoms with E-state index < -0.39 is 17.7 Å². The van der Waals surface area contributed by atoms with Crippen LogP contribution in [0.1, 0.15) is 40.8 Å². The Labute approximate surface area is 225 Å². The maximum Gasteiger partial charge on any atom is 0.301 e. The number of aromatic nitrogens is 1. The second kappa shape index (κ2) is 9.95. The van der Waals surface area contributed by atoms with Crippen molar-refractivity contribution in [1.82, 2.24) is 4.98 Å². The third kappa shape index (κ3) is 4.31. The van der Waals surface area contributed by atoms with Gasteiger partial charge in [0.2, 0.25) is 0 Å². The summed E-state index contributed by atoms with van der Waals surface area (Å²) >= 11 is 1.33. The minimum Gasteiger partial charge on any atom is -0.507 e. The fraction of sp³-hybridized carbons (Fsp3) is 0.233. The van der Waals surface area contributed by atoms with Crippen molar-refractivity contribution in [2.24, 2.45) is 0 Å². The smallest absolute Gasteiger partial charge is 0.301 e. The van der Waals surface area contributed by atoms with Crippen LogP contribution in [0.2, 0.25) is 0 Å². The first-order chi connectivity index (χ1) is 18.2. The monoisotopic (exact) mass is 528 g/mol. The molecule has 1 N–H and O–H groups in total. The van der Waals surface area contributed by atoms with Crippen LogP contribution in [0.5, 0.6) is 11.5 Å². The number of nitrogens with zero attached hydrogens (tertiary/aromatic N) is 2. The molecule has 1 atom stereocenters. The Hall–Kier alpha value is -4.17. The molecule has 7 nitrogen and oxygen atoms in total. The number of methoxy groups -OCH3 is 1. The summed E-state index contributed by atoms with van der Waals surface area (Å²) in [5.74, 6) is -0.730. The summed E-state index contributed by atoms with van der Waals surface area (Å²) in [4.78, 5) is 33.3. The summed E-state index contributed by atoms with van der Waals surface area (Å²) in [6.45, 7) is 8.08. The molecule has 5 rings (SSSR count). The molecule has 3 aromatic carbocycles. The molecule has 1 aliphatic rings. The van der Waals surface area contributed by atoms with E-state index in [-0.39, 0.29) is 11.3 Å². The van der Waals surface area contributed by atoms with Gasteiger partial charge in [-0.3, -0.25) is 14.5 Å². The van der Waals surface area contributed by atoms with E-state index in [1.165, 1.54) is 23.3 Å². The van der Waals surface area contributed by atoms with Crippen molar-refractivity contribution in [2.75, 3.05) is 18.6 Å². The van der Waals surface area contributed by atoms with Crippen LogP contribution in [0.25, 0.3) is 16.0 Å². The molecule has 1 unspecified atom stereocenters. The van der Waals surface area contributed by atoms with Gasteiger partial charge in [-0.1, -0.05) is 41.2 Å². The topological polar surface area (TPSA) is 89.0 Å². The molecule has 1 aliphatic heterocycles. The molecular weight excluding hydrogens is 500 g/mol. The predicted molar refractivity (Wildman–Crippen MR) is 149 cm³/mol. The number of thiazole rings is 1. The minimum atomic E-state index is -0.916. The van der Waals surface area contributed by atoms with Crippen LogP contribution >= 0.6 is 11.3 Å². The average molecular weight is 529 g/mol. The first-order valence-corrected chi connectivity index (χ1v) is 13.1. The van der Waals surface area contributed by atoms with Crippen molar-refractivity contribution in [1.29, 1.82) is 0 Å². The molecule has 38 heavy (non-hydrogen) atoms. The lowest BCUT2D eigenvalue weighted by atomic mass is 9.93. The third-order valence-electron chi connectivity index (χ3n) is 6.63. The second-order valence-electron chi connectivity index (χ2n) is 9.30. The van der Waals surface area contributed by atoms with Crippen LogP contribution in [-0.2, 0) is 9.59 Å². The van der Waals surface area contributed by atoms with Gasteiger partial charge < -0.3 is 14.6 Å². The first kappa shape index (κ1) is 25.5. The van der Waals surface area contributed by atoms with E-state index in [0.29, 0.717) is 34.4 Å². The highest BCUT2D eigenvalue weighted by Crippen LogP contribution is 2.46. The molecule has 4 aromatic rings. The van der Waals surface area contributed by atoms with Crippen molar-refractivity contribution in [3.05, 3.63) is 88.0 Å². The van der Waals surface area contributed by atoms with Gasteiger partial charge in [-0.05, 0) is 74.7 Å². The number of hydrogen-bond acceptors (Lipinski definition) is 7. The van der Waals surface area contributed by atoms with Gasteiger partial charge in [-0.15, -0.1) is 0 Å². The summed E-state index contributed by atoms with van der Waals surface area (Å²) in [6.07, 6.45) is 0. The number of ketones is 1. The van der Waals surface area contributed by atoms with Gasteiger partial charge in [0.25, 0.3) is 5.78 Å². The van der Waals surface area contributed by atoms with Gasteiger partial charge in [0, 0.05) is 5.56 Å². The molecule has 0 radical (unpaired) electrons. The highest BCUT2D eigenvalue weighted by molar-refractivity contribution is 7.22. The number of aliphatic hydroxyl groups excluding tert-OH is 1. The first-order valence-electron chi connectivity index (χ1n) is 12.3. The molecule has 194 valence electrons. The van der Waals surface area contributed by atoms with Crippen molar-refractivity contribution >= 4 is 44.1 Å². The minimum absolute atomic E-state index is 0.00495. The third-order valence-corrected chi connectivity index (χ3v) is 7.65. The fourth-order valence-electron chi connectivity index (χ4n) is 4.73. The number of hydrogen-bond donors (Lipinski definition) is 1. The van der Waals surface area contributed by atoms with Gasteiger partial charge in [0.05, 0.1) is 35.5 Å². The average Bonchev–Trinajstić information content (AvgIpc) is 3.43. The fourth-order valence-corrected chi connectivity index (χ4v) is 5.82. The largest absolute Gasteiger partial charge is 0.507 e. The van der Waals surface area contributed by atoms with Crippen LogP contribution in [0.15, 0.2) is 60.2 Å². The molecule has 1 aromatic heterocycles. The summed E-state index contributed by atoms with van der Waals surface area (Å²) in [6, 6.07) is 15.8. The van der Waals surface area contributed by atoms with Crippen LogP contribution < -0.4 is 14.4 Å². The maximum absolute atomic E-state index is 13.6. The number of benzene rings is 3. The Balaban J connectivity index is 1.76. The number of amides is 1. The van der Waals surface area contributed by atoms with Crippen LogP contribution in [0.4, 0.5) is 5.13 Å². The van der Waals surface area contributed by atoms with Crippen LogP contribution in [0.3, 0.4) is 0 Å². The van der Waals surface area contributed by atoms with E-state index in [9.17, 15) is 14.7 Å². The van der Waals surface area contributed by atoms with Gasteiger partial charge in [0.15, 0.2) is 16.6 Å². The number of aryl methyl sites for hydroxylation is 3. The highest BCUT2D eigenvalue weighted by Gasteiger charge is 2.48. The number of carbonyl (C=O) groups excluding carboxylic acids is 2. The number of ether oxygens (including phenoxy) is 2. The molecule has 8 heteroatoms. The summed E-state index contributed by atoms with van der Waals surface area (Å²) < 4.78 is 12.1. The Morgan fingerprint density at radius 1 is 1.00 bits per heavy atom. The number of fused-ring (bicyclic) bond motifs is 1. The van der Waals surface area contributed by atoms with Crippen molar-refractivity contribution in [2.45, 2.75) is 33.7 Å². The lowest BCUT2D eigenvalue weighted by Gasteiger charge is -2.24. The van der Waals surface area contributed by atoms with Crippen molar-refractivity contribution in [3.63, 3.8) is 0 Å². The normalized spacial score (nSPS) is 16.9. The Kier molecular flexibility index (Phi) is 6.67. The van der Waals surface area contributed by atoms with E-state index in [1.54, 1.807) is 18.2 Å². The summed E-state index contributed by atoms with van der Waals surface area (Å²) in [5.41, 5.74) is 4.61. The highest BCUT2D eigenvalue weighted by atomic mass is 32.1. The molecule has 1 saturated heterocycles. The summed E-state index contributed by atoms with van der Waals surface area (Å²) in [7, 11) is 1.53. The zero-order valence-electron chi connectivity index (χ0n) is 21.9. The quantitative estimate of drug-likeness (QED) is 0.181. The van der Waals surface area contributed by atoms with E-state index in [1.807, 2.05) is 64.1 Å². The molecule has 0 saturated carbocycles. The van der Waals surface area contributed by atoms with Gasteiger partial charge in [-0.2, -0.15) is 0 Å². The Morgan fingerprint density at radius 3 is 2.47 bits per heavy atom. The molecular formula is C30H28N2O5S. The number of carbonyl (C=O) groups is 2. The summed E-state index contributed by atoms with van der Waals surface area (Å²) in [5, 5.41) is 11.9. The number of Topliss-reactive ketones (excluding diaryl/α,β-unsaturated/α-hetero) is 1. The zero-order chi connectivity index (χ0) is 27.1. The lowest BCUT2D eigenvalue weighted by Crippen LogP contribution is -2.29. The predicted octanol–water partition coefficient (Wildman–Crippen LogP) is 6.26. The van der Waals surface area contributed by atoms with E-state index in [2.05, 4.69) is 0 Å². The SMILES string of the molecule is CCOc1ccc(C2/C(=C(\O)c3cc(C)ccc3C)C(=O)C(=O)N2c2nc3ccc(C)cc3s2)cc1OC. The standard InChI is InChI=1S/C30H28N2O5S/c1-6-37-22-12-10-19(15-23(22)36-5)26-25(27(33)20-13-16(2)7-9-18(20)4)28(34)29(35)32(26)30-31-21-11-8-17(3)14-24(21)38-30/h7-15,26,33H,6H2,1-5H3/b27-25+. The van der Waals surface area contributed by atoms with Gasteiger partial charge in [0.1, 0.15) is 5.76 Å². The number of aliphatic hydroxyl groups is 1. The van der Waals surface area contributed by atoms with Crippen LogP contribution in [0, 0.1) is 20.8 Å². The zero-order valence-corrected chi connectivity index (χ0v) is 22.7. The number of rotatable bonds is 6. The molecule has 1 amide bonds. The molecule has 0 aliphatic carbocycles. The van der Waals surface area contributed by atoms with Gasteiger partial charge in [-0.25, -0.2) is 4.98 Å². The van der Waals surface area contributed by atoms with Crippen molar-refractivity contribution in [3.8, 4) is 11.5 Å². The van der Waals surface area contributed by atoms with Gasteiger partial charge >= 0.3 is 5.91 Å².